The Kier molecular flexibility index (Phi) is 5.39. The second kappa shape index (κ2) is 7.91. The lowest BCUT2D eigenvalue weighted by molar-refractivity contribution is -0.137. The summed E-state index contributed by atoms with van der Waals surface area (Å²) in [5, 5.41) is 2.43. The molecule has 0 saturated carbocycles. The Labute approximate surface area is 157 Å². The summed E-state index contributed by atoms with van der Waals surface area (Å²) in [5.74, 6) is -1.85. The van der Waals surface area contributed by atoms with E-state index in [1.165, 1.54) is 12.1 Å². The van der Waals surface area contributed by atoms with Gasteiger partial charge >= 0.3 is 12.1 Å². The maximum absolute atomic E-state index is 13.2. The molecule has 0 saturated heterocycles. The SMILES string of the molecule is O=C(Nc1ccccc1)c1cc(C(F)(F)F)cc(C(=O)Oc2ccccc2)n1. The van der Waals surface area contributed by atoms with Gasteiger partial charge in [-0.15, -0.1) is 0 Å². The van der Waals surface area contributed by atoms with Gasteiger partial charge in [-0.05, 0) is 36.4 Å². The third-order valence-corrected chi connectivity index (χ3v) is 3.58. The first-order chi connectivity index (χ1) is 13.3. The van der Waals surface area contributed by atoms with E-state index in [0.29, 0.717) is 17.8 Å². The molecule has 0 aliphatic carbocycles. The maximum Gasteiger partial charge on any atom is 0.416 e. The van der Waals surface area contributed by atoms with Gasteiger partial charge in [0, 0.05) is 5.69 Å². The van der Waals surface area contributed by atoms with E-state index >= 15 is 0 Å². The van der Waals surface area contributed by atoms with Crippen LogP contribution in [-0.2, 0) is 6.18 Å². The number of hydrogen-bond acceptors (Lipinski definition) is 4. The Morgan fingerprint density at radius 1 is 0.857 bits per heavy atom. The molecule has 28 heavy (non-hydrogen) atoms. The summed E-state index contributed by atoms with van der Waals surface area (Å²) in [5.41, 5.74) is -1.99. The van der Waals surface area contributed by atoms with Gasteiger partial charge in [0.05, 0.1) is 5.56 Å². The van der Waals surface area contributed by atoms with E-state index in [9.17, 15) is 22.8 Å². The van der Waals surface area contributed by atoms with Crippen LogP contribution in [0.5, 0.6) is 5.75 Å². The average molecular weight is 386 g/mol. The predicted octanol–water partition coefficient (Wildman–Crippen LogP) is 4.57. The molecule has 142 valence electrons. The number of carbonyl (C=O) groups is 2. The zero-order valence-corrected chi connectivity index (χ0v) is 14.2. The van der Waals surface area contributed by atoms with Crippen molar-refractivity contribution in [3.63, 3.8) is 0 Å². The Bertz CT molecular complexity index is 919. The lowest BCUT2D eigenvalue weighted by Crippen LogP contribution is -2.20. The Balaban J connectivity index is 1.93. The number of rotatable bonds is 4. The summed E-state index contributed by atoms with van der Waals surface area (Å²) in [6.45, 7) is 0. The smallest absolute Gasteiger partial charge is 0.416 e. The third-order valence-electron chi connectivity index (χ3n) is 3.58. The summed E-state index contributed by atoms with van der Waals surface area (Å²) in [6.07, 6.45) is -4.77. The number of alkyl halides is 3. The van der Waals surface area contributed by atoms with Gasteiger partial charge in [0.1, 0.15) is 17.1 Å². The van der Waals surface area contributed by atoms with Crippen molar-refractivity contribution in [1.82, 2.24) is 4.98 Å². The van der Waals surface area contributed by atoms with Crippen LogP contribution in [0.25, 0.3) is 0 Å². The van der Waals surface area contributed by atoms with Crippen LogP contribution < -0.4 is 10.1 Å². The molecular weight excluding hydrogens is 373 g/mol. The van der Waals surface area contributed by atoms with Crippen molar-refractivity contribution < 1.29 is 27.5 Å². The van der Waals surface area contributed by atoms with Crippen LogP contribution >= 0.6 is 0 Å². The minimum absolute atomic E-state index is 0.141. The highest BCUT2D eigenvalue weighted by molar-refractivity contribution is 6.03. The number of aromatic nitrogens is 1. The first-order valence-electron chi connectivity index (χ1n) is 8.06. The summed E-state index contributed by atoms with van der Waals surface area (Å²) < 4.78 is 44.7. The van der Waals surface area contributed by atoms with Crippen molar-refractivity contribution in [2.45, 2.75) is 6.18 Å². The van der Waals surface area contributed by atoms with E-state index in [2.05, 4.69) is 10.3 Å². The first-order valence-corrected chi connectivity index (χ1v) is 8.06. The summed E-state index contributed by atoms with van der Waals surface area (Å²) in [7, 11) is 0. The van der Waals surface area contributed by atoms with E-state index in [1.807, 2.05) is 0 Å². The number of anilines is 1. The summed E-state index contributed by atoms with van der Waals surface area (Å²) in [6, 6.07) is 17.1. The standard InChI is InChI=1S/C20H13F3N2O3/c21-20(22,23)13-11-16(18(26)24-14-7-3-1-4-8-14)25-17(12-13)19(27)28-15-9-5-2-6-10-15/h1-12H,(H,24,26). The number of nitrogens with one attached hydrogen (secondary N) is 1. The lowest BCUT2D eigenvalue weighted by Gasteiger charge is -2.11. The van der Waals surface area contributed by atoms with Gasteiger partial charge in [0.25, 0.3) is 5.91 Å². The Morgan fingerprint density at radius 3 is 2.04 bits per heavy atom. The van der Waals surface area contributed by atoms with Crippen LogP contribution in [0.1, 0.15) is 26.5 Å². The van der Waals surface area contributed by atoms with Crippen molar-refractivity contribution in [1.29, 1.82) is 0 Å². The van der Waals surface area contributed by atoms with Crippen LogP contribution in [0, 0.1) is 0 Å². The van der Waals surface area contributed by atoms with Crippen molar-refractivity contribution in [3.05, 3.63) is 89.7 Å². The number of benzene rings is 2. The highest BCUT2D eigenvalue weighted by atomic mass is 19.4. The van der Waals surface area contributed by atoms with Gasteiger partial charge in [0.15, 0.2) is 0 Å². The van der Waals surface area contributed by atoms with Gasteiger partial charge in [-0.1, -0.05) is 36.4 Å². The topological polar surface area (TPSA) is 68.3 Å². The van der Waals surface area contributed by atoms with Gasteiger partial charge in [0.2, 0.25) is 0 Å². The van der Waals surface area contributed by atoms with Crippen molar-refractivity contribution in [2.24, 2.45) is 0 Å². The molecule has 0 radical (unpaired) electrons. The number of nitrogens with zero attached hydrogens (tertiary/aromatic N) is 1. The largest absolute Gasteiger partial charge is 0.422 e. The molecule has 1 aromatic heterocycles. The van der Waals surface area contributed by atoms with Gasteiger partial charge in [-0.25, -0.2) is 9.78 Å². The van der Waals surface area contributed by atoms with E-state index in [-0.39, 0.29) is 5.75 Å². The molecule has 0 atom stereocenters. The van der Waals surface area contributed by atoms with Crippen LogP contribution in [0.15, 0.2) is 72.8 Å². The number of carbonyl (C=O) groups excluding carboxylic acids is 2. The van der Waals surface area contributed by atoms with E-state index < -0.39 is 35.0 Å². The highest BCUT2D eigenvalue weighted by Crippen LogP contribution is 2.30. The molecule has 0 aliphatic rings. The minimum atomic E-state index is -4.77. The van der Waals surface area contributed by atoms with Crippen molar-refractivity contribution >= 4 is 17.6 Å². The van der Waals surface area contributed by atoms with Crippen LogP contribution in [-0.4, -0.2) is 16.9 Å². The Morgan fingerprint density at radius 2 is 1.43 bits per heavy atom. The van der Waals surface area contributed by atoms with Crippen molar-refractivity contribution in [3.8, 4) is 5.75 Å². The van der Waals surface area contributed by atoms with Crippen LogP contribution in [0.3, 0.4) is 0 Å². The van der Waals surface area contributed by atoms with Crippen LogP contribution in [0.2, 0.25) is 0 Å². The molecule has 2 aromatic carbocycles. The average Bonchev–Trinajstić information content (AvgIpc) is 2.68. The molecular formula is C20H13F3N2O3. The fraction of sp³-hybridized carbons (Fsp3) is 0.0500. The number of halogens is 3. The summed E-state index contributed by atoms with van der Waals surface area (Å²) in [4.78, 5) is 28.3. The molecule has 3 rings (SSSR count). The monoisotopic (exact) mass is 386 g/mol. The molecule has 0 aliphatic heterocycles. The van der Waals surface area contributed by atoms with Crippen LogP contribution in [0.4, 0.5) is 18.9 Å². The molecule has 0 unspecified atom stereocenters. The molecule has 0 spiro atoms. The number of para-hydroxylation sites is 2. The van der Waals surface area contributed by atoms with E-state index in [0.717, 1.165) is 0 Å². The predicted molar refractivity (Wildman–Crippen MR) is 95.0 cm³/mol. The number of amides is 1. The number of pyridine rings is 1. The number of esters is 1. The molecule has 0 bridgehead atoms. The first kappa shape index (κ1) is 19.1. The molecule has 5 nitrogen and oxygen atoms in total. The Hall–Kier alpha value is -3.68. The zero-order chi connectivity index (χ0) is 20.1. The number of ether oxygens (including phenoxy) is 1. The summed E-state index contributed by atoms with van der Waals surface area (Å²) >= 11 is 0. The fourth-order valence-electron chi connectivity index (χ4n) is 2.28. The molecule has 8 heteroatoms. The molecule has 1 heterocycles. The fourth-order valence-corrected chi connectivity index (χ4v) is 2.28. The second-order valence-corrected chi connectivity index (χ2v) is 5.65. The normalized spacial score (nSPS) is 11.0. The maximum atomic E-state index is 13.2. The van der Waals surface area contributed by atoms with Gasteiger partial charge < -0.3 is 10.1 Å². The van der Waals surface area contributed by atoms with Gasteiger partial charge in [-0.2, -0.15) is 13.2 Å². The molecule has 1 N–H and O–H groups in total. The second-order valence-electron chi connectivity index (χ2n) is 5.65. The molecule has 1 amide bonds. The minimum Gasteiger partial charge on any atom is -0.422 e. The highest BCUT2D eigenvalue weighted by Gasteiger charge is 2.33. The quantitative estimate of drug-likeness (QED) is 0.527. The van der Waals surface area contributed by atoms with Crippen molar-refractivity contribution in [2.75, 3.05) is 5.32 Å². The lowest BCUT2D eigenvalue weighted by atomic mass is 10.1. The molecule has 0 fully saturated rings. The van der Waals surface area contributed by atoms with E-state index in [1.54, 1.807) is 48.5 Å². The number of hydrogen-bond donors (Lipinski definition) is 1. The molecule has 3 aromatic rings. The van der Waals surface area contributed by atoms with Gasteiger partial charge in [-0.3, -0.25) is 4.79 Å². The zero-order valence-electron chi connectivity index (χ0n) is 14.2. The third kappa shape index (κ3) is 4.73. The van der Waals surface area contributed by atoms with E-state index in [4.69, 9.17) is 4.74 Å².